The molecule has 0 unspecified atom stereocenters. The third-order valence-electron chi connectivity index (χ3n) is 4.56. The fourth-order valence-corrected chi connectivity index (χ4v) is 4.82. The summed E-state index contributed by atoms with van der Waals surface area (Å²) in [6, 6.07) is 13.6. The Balaban J connectivity index is 1.68. The Hall–Kier alpha value is -2.93. The molecule has 3 aromatic rings. The van der Waals surface area contributed by atoms with Gasteiger partial charge in [-0.25, -0.2) is 13.4 Å². The van der Waals surface area contributed by atoms with Gasteiger partial charge in [-0.2, -0.15) is 5.26 Å². The molecule has 0 aliphatic carbocycles. The highest BCUT2D eigenvalue weighted by Gasteiger charge is 2.20. The summed E-state index contributed by atoms with van der Waals surface area (Å²) in [5.74, 6) is -0.428. The van der Waals surface area contributed by atoms with Crippen LogP contribution < -0.4 is 10.0 Å². The largest absolute Gasteiger partial charge is 0.348 e. The predicted molar refractivity (Wildman–Crippen MR) is 121 cm³/mol. The van der Waals surface area contributed by atoms with Crippen molar-refractivity contribution >= 4 is 44.0 Å². The number of aromatic nitrogens is 1. The van der Waals surface area contributed by atoms with Gasteiger partial charge in [-0.1, -0.05) is 35.9 Å². The van der Waals surface area contributed by atoms with Crippen LogP contribution in [0.25, 0.3) is 0 Å². The van der Waals surface area contributed by atoms with E-state index in [0.717, 1.165) is 22.5 Å². The molecule has 2 aromatic carbocycles. The van der Waals surface area contributed by atoms with Crippen molar-refractivity contribution in [2.45, 2.75) is 30.7 Å². The standard InChI is InChI=1S/C21H19ClN4O3S2/c1-21(2,13-23)15-5-3-14(4-6-15)12-25-19(27)17-8-7-16(11-18(17)22)31(28,29)26-20-24-9-10-30-20/h3-11H,12H2,1-2H3,(H,24,26)(H,25,27). The lowest BCUT2D eigenvalue weighted by atomic mass is 9.86. The molecule has 1 aromatic heterocycles. The van der Waals surface area contributed by atoms with E-state index in [0.29, 0.717) is 0 Å². The van der Waals surface area contributed by atoms with Crippen LogP contribution in [0.2, 0.25) is 5.02 Å². The maximum Gasteiger partial charge on any atom is 0.263 e. The lowest BCUT2D eigenvalue weighted by molar-refractivity contribution is 0.0951. The molecule has 0 bridgehead atoms. The summed E-state index contributed by atoms with van der Waals surface area (Å²) in [4.78, 5) is 16.3. The maximum atomic E-state index is 12.5. The zero-order valence-corrected chi connectivity index (χ0v) is 19.1. The number of benzene rings is 2. The molecule has 1 heterocycles. The fraction of sp³-hybridized carbons (Fsp3) is 0.190. The normalized spacial score (nSPS) is 11.5. The number of halogens is 1. The van der Waals surface area contributed by atoms with Crippen LogP contribution in [0.3, 0.4) is 0 Å². The summed E-state index contributed by atoms with van der Waals surface area (Å²) in [7, 11) is -3.86. The third kappa shape index (κ3) is 5.41. The maximum absolute atomic E-state index is 12.5. The van der Waals surface area contributed by atoms with E-state index < -0.39 is 21.3 Å². The molecule has 0 saturated heterocycles. The fourth-order valence-electron chi connectivity index (χ4n) is 2.68. The lowest BCUT2D eigenvalue weighted by Gasteiger charge is -2.16. The van der Waals surface area contributed by atoms with Gasteiger partial charge in [0, 0.05) is 18.1 Å². The summed E-state index contributed by atoms with van der Waals surface area (Å²) in [6.07, 6.45) is 1.49. The molecule has 0 saturated carbocycles. The van der Waals surface area contributed by atoms with Gasteiger partial charge in [-0.3, -0.25) is 9.52 Å². The first kappa shape index (κ1) is 22.7. The van der Waals surface area contributed by atoms with Gasteiger partial charge in [0.1, 0.15) is 0 Å². The molecule has 3 rings (SSSR count). The van der Waals surface area contributed by atoms with Crippen LogP contribution >= 0.6 is 22.9 Å². The van der Waals surface area contributed by atoms with E-state index in [1.807, 2.05) is 38.1 Å². The van der Waals surface area contributed by atoms with E-state index in [9.17, 15) is 18.5 Å². The zero-order valence-electron chi connectivity index (χ0n) is 16.7. The molecule has 10 heteroatoms. The van der Waals surface area contributed by atoms with Gasteiger partial charge in [0.15, 0.2) is 5.13 Å². The van der Waals surface area contributed by atoms with Crippen molar-refractivity contribution in [2.24, 2.45) is 0 Å². The van der Waals surface area contributed by atoms with Crippen molar-refractivity contribution in [1.29, 1.82) is 5.26 Å². The SMILES string of the molecule is CC(C)(C#N)c1ccc(CNC(=O)c2ccc(S(=O)(=O)Nc3nccs3)cc2Cl)cc1. The van der Waals surface area contributed by atoms with Crippen molar-refractivity contribution in [1.82, 2.24) is 10.3 Å². The lowest BCUT2D eigenvalue weighted by Crippen LogP contribution is -2.23. The minimum atomic E-state index is -3.86. The van der Waals surface area contributed by atoms with Crippen LogP contribution in [0.1, 0.15) is 35.3 Å². The van der Waals surface area contributed by atoms with E-state index in [-0.39, 0.29) is 27.2 Å². The number of rotatable bonds is 7. The number of carbonyl (C=O) groups is 1. The molecule has 7 nitrogen and oxygen atoms in total. The van der Waals surface area contributed by atoms with Gasteiger partial charge in [0.2, 0.25) is 0 Å². The summed E-state index contributed by atoms with van der Waals surface area (Å²) in [5.41, 5.74) is 1.31. The highest BCUT2D eigenvalue weighted by atomic mass is 35.5. The Labute approximate surface area is 189 Å². The van der Waals surface area contributed by atoms with Crippen LogP contribution in [0.15, 0.2) is 58.9 Å². The Morgan fingerprint density at radius 2 is 1.94 bits per heavy atom. The van der Waals surface area contributed by atoms with E-state index in [1.165, 1.54) is 24.4 Å². The van der Waals surface area contributed by atoms with E-state index in [2.05, 4.69) is 21.1 Å². The number of amides is 1. The third-order valence-corrected chi connectivity index (χ3v) is 7.02. The molecule has 1 amide bonds. The summed E-state index contributed by atoms with van der Waals surface area (Å²) >= 11 is 7.33. The quantitative estimate of drug-likeness (QED) is 0.529. The average Bonchev–Trinajstić information content (AvgIpc) is 3.24. The smallest absolute Gasteiger partial charge is 0.263 e. The van der Waals surface area contributed by atoms with Crippen molar-refractivity contribution in [3.05, 3.63) is 75.8 Å². The van der Waals surface area contributed by atoms with Gasteiger partial charge in [0.05, 0.1) is 27.0 Å². The van der Waals surface area contributed by atoms with Crippen LogP contribution in [0, 0.1) is 11.3 Å². The van der Waals surface area contributed by atoms with Crippen LogP contribution in [-0.4, -0.2) is 19.3 Å². The highest BCUT2D eigenvalue weighted by Crippen LogP contribution is 2.24. The van der Waals surface area contributed by atoms with Gasteiger partial charge < -0.3 is 5.32 Å². The monoisotopic (exact) mass is 474 g/mol. The van der Waals surface area contributed by atoms with Crippen LogP contribution in [0.4, 0.5) is 5.13 Å². The van der Waals surface area contributed by atoms with Crippen LogP contribution in [-0.2, 0) is 22.0 Å². The van der Waals surface area contributed by atoms with E-state index in [4.69, 9.17) is 11.6 Å². The number of anilines is 1. The number of carbonyl (C=O) groups excluding carboxylic acids is 1. The van der Waals surface area contributed by atoms with Crippen LogP contribution in [0.5, 0.6) is 0 Å². The first-order chi connectivity index (χ1) is 14.6. The zero-order chi connectivity index (χ0) is 22.6. The number of thiazole rings is 1. The van der Waals surface area contributed by atoms with Crippen molar-refractivity contribution in [3.8, 4) is 6.07 Å². The molecule has 0 radical (unpaired) electrons. The first-order valence-corrected chi connectivity index (χ1v) is 11.9. The summed E-state index contributed by atoms with van der Waals surface area (Å²) in [6.45, 7) is 3.93. The second-order valence-electron chi connectivity index (χ2n) is 7.20. The molecule has 160 valence electrons. The Bertz CT molecular complexity index is 1230. The average molecular weight is 475 g/mol. The van der Waals surface area contributed by atoms with Crippen molar-refractivity contribution < 1.29 is 13.2 Å². The number of sulfonamides is 1. The summed E-state index contributed by atoms with van der Waals surface area (Å²) in [5, 5.41) is 13.9. The molecular weight excluding hydrogens is 456 g/mol. The minimum Gasteiger partial charge on any atom is -0.348 e. The van der Waals surface area contributed by atoms with Crippen molar-refractivity contribution in [2.75, 3.05) is 4.72 Å². The molecule has 0 fully saturated rings. The molecule has 0 aliphatic heterocycles. The molecule has 2 N–H and O–H groups in total. The van der Waals surface area contributed by atoms with Gasteiger partial charge in [-0.15, -0.1) is 11.3 Å². The first-order valence-electron chi connectivity index (χ1n) is 9.13. The number of nitrogens with zero attached hydrogens (tertiary/aromatic N) is 2. The number of hydrogen-bond donors (Lipinski definition) is 2. The Kier molecular flexibility index (Phi) is 6.65. The summed E-state index contributed by atoms with van der Waals surface area (Å²) < 4.78 is 27.2. The Morgan fingerprint density at radius 3 is 2.52 bits per heavy atom. The number of hydrogen-bond acceptors (Lipinski definition) is 6. The van der Waals surface area contributed by atoms with Gasteiger partial charge in [0.25, 0.3) is 15.9 Å². The Morgan fingerprint density at radius 1 is 1.23 bits per heavy atom. The molecule has 31 heavy (non-hydrogen) atoms. The second-order valence-corrected chi connectivity index (χ2v) is 10.2. The minimum absolute atomic E-state index is 0.0191. The number of nitrogens with one attached hydrogen (secondary N) is 2. The molecule has 0 atom stereocenters. The van der Waals surface area contributed by atoms with Gasteiger partial charge >= 0.3 is 0 Å². The predicted octanol–water partition coefficient (Wildman–Crippen LogP) is 4.33. The molecule has 0 aliphatic rings. The topological polar surface area (TPSA) is 112 Å². The second kappa shape index (κ2) is 9.06. The van der Waals surface area contributed by atoms with E-state index >= 15 is 0 Å². The number of nitriles is 1. The van der Waals surface area contributed by atoms with Gasteiger partial charge in [-0.05, 0) is 43.2 Å². The van der Waals surface area contributed by atoms with E-state index in [1.54, 1.807) is 5.38 Å². The molecule has 0 spiro atoms. The molecular formula is C21H19ClN4O3S2. The highest BCUT2D eigenvalue weighted by molar-refractivity contribution is 7.93. The van der Waals surface area contributed by atoms with Crippen molar-refractivity contribution in [3.63, 3.8) is 0 Å².